The van der Waals surface area contributed by atoms with Crippen LogP contribution in [0.4, 0.5) is 13.2 Å². The Morgan fingerprint density at radius 2 is 1.91 bits per heavy atom. The summed E-state index contributed by atoms with van der Waals surface area (Å²) in [4.78, 5) is 25.3. The lowest BCUT2D eigenvalue weighted by atomic mass is 9.95. The molecule has 0 aromatic heterocycles. The third-order valence-electron chi connectivity index (χ3n) is 4.21. The van der Waals surface area contributed by atoms with Gasteiger partial charge >= 0.3 is 6.18 Å². The van der Waals surface area contributed by atoms with Crippen molar-refractivity contribution in [3.05, 3.63) is 0 Å². The van der Waals surface area contributed by atoms with E-state index in [1.807, 2.05) is 0 Å². The molecule has 2 fully saturated rings. The van der Waals surface area contributed by atoms with Crippen LogP contribution in [0.5, 0.6) is 0 Å². The third-order valence-corrected chi connectivity index (χ3v) is 4.21. The molecule has 2 aliphatic heterocycles. The van der Waals surface area contributed by atoms with Gasteiger partial charge in [-0.1, -0.05) is 0 Å². The van der Waals surface area contributed by atoms with Crippen LogP contribution < -0.4 is 10.6 Å². The molecule has 2 rings (SSSR count). The molecule has 2 heterocycles. The van der Waals surface area contributed by atoms with E-state index in [0.717, 1.165) is 12.8 Å². The van der Waals surface area contributed by atoms with E-state index in [4.69, 9.17) is 0 Å². The maximum atomic E-state index is 12.3. The normalized spacial score (nSPS) is 25.4. The average Bonchev–Trinajstić information content (AvgIpc) is 2.63. The second-order valence-electron chi connectivity index (χ2n) is 6.01. The Bertz CT molecular complexity index is 407. The largest absolute Gasteiger partial charge is 0.401 e. The fourth-order valence-electron chi connectivity index (χ4n) is 2.97. The van der Waals surface area contributed by atoms with Crippen molar-refractivity contribution in [1.82, 2.24) is 15.5 Å². The Morgan fingerprint density at radius 1 is 1.23 bits per heavy atom. The van der Waals surface area contributed by atoms with Gasteiger partial charge < -0.3 is 10.6 Å². The van der Waals surface area contributed by atoms with Crippen LogP contribution in [0.25, 0.3) is 0 Å². The summed E-state index contributed by atoms with van der Waals surface area (Å²) in [5, 5.41) is 5.50. The number of likely N-dealkylation sites (tertiary alicyclic amines) is 1. The van der Waals surface area contributed by atoms with E-state index >= 15 is 0 Å². The number of carbonyl (C=O) groups is 2. The van der Waals surface area contributed by atoms with Crippen molar-refractivity contribution in [2.75, 3.05) is 26.2 Å². The Kier molecular flexibility index (Phi) is 5.66. The number of rotatable bonds is 3. The molecule has 5 nitrogen and oxygen atoms in total. The standard InChI is InChI=1S/C14H22F3N3O2/c15-14(16,17)9-20-7-4-10(5-8-20)12(21)19-11-3-1-2-6-18-13(11)22/h10-11H,1-9H2,(H,18,22)(H,19,21)/t11-/m1/s1. The van der Waals surface area contributed by atoms with Gasteiger partial charge in [-0.3, -0.25) is 14.5 Å². The molecule has 2 saturated heterocycles. The number of halogens is 3. The highest BCUT2D eigenvalue weighted by Crippen LogP contribution is 2.22. The average molecular weight is 321 g/mol. The highest BCUT2D eigenvalue weighted by Gasteiger charge is 2.34. The minimum Gasteiger partial charge on any atom is -0.354 e. The lowest BCUT2D eigenvalue weighted by molar-refractivity contribution is -0.149. The van der Waals surface area contributed by atoms with Crippen molar-refractivity contribution in [2.24, 2.45) is 5.92 Å². The number of hydrogen-bond donors (Lipinski definition) is 2. The van der Waals surface area contributed by atoms with Crippen molar-refractivity contribution in [2.45, 2.75) is 44.3 Å². The van der Waals surface area contributed by atoms with E-state index < -0.39 is 18.8 Å². The van der Waals surface area contributed by atoms with Crippen LogP contribution in [-0.2, 0) is 9.59 Å². The van der Waals surface area contributed by atoms with E-state index in [-0.39, 0.29) is 30.8 Å². The van der Waals surface area contributed by atoms with Gasteiger partial charge in [0.2, 0.25) is 11.8 Å². The first-order chi connectivity index (χ1) is 10.3. The van der Waals surface area contributed by atoms with E-state index in [0.29, 0.717) is 25.8 Å². The van der Waals surface area contributed by atoms with Crippen molar-refractivity contribution in [3.8, 4) is 0 Å². The zero-order valence-electron chi connectivity index (χ0n) is 12.4. The fraction of sp³-hybridized carbons (Fsp3) is 0.857. The molecule has 0 radical (unpaired) electrons. The molecule has 8 heteroatoms. The lowest BCUT2D eigenvalue weighted by Crippen LogP contribution is -2.49. The SMILES string of the molecule is O=C(N[C@@H]1CCCCNC1=O)C1CCN(CC(F)(F)F)CC1. The Morgan fingerprint density at radius 3 is 2.55 bits per heavy atom. The van der Waals surface area contributed by atoms with Gasteiger partial charge in [0, 0.05) is 12.5 Å². The monoisotopic (exact) mass is 321 g/mol. The van der Waals surface area contributed by atoms with Crippen molar-refractivity contribution >= 4 is 11.8 Å². The fourth-order valence-corrected chi connectivity index (χ4v) is 2.97. The minimum absolute atomic E-state index is 0.166. The molecule has 22 heavy (non-hydrogen) atoms. The molecule has 0 aromatic carbocycles. The summed E-state index contributed by atoms with van der Waals surface area (Å²) in [5.41, 5.74) is 0. The molecule has 0 aromatic rings. The van der Waals surface area contributed by atoms with Crippen LogP contribution in [0.3, 0.4) is 0 Å². The van der Waals surface area contributed by atoms with Crippen molar-refractivity contribution in [3.63, 3.8) is 0 Å². The summed E-state index contributed by atoms with van der Waals surface area (Å²) >= 11 is 0. The number of amides is 2. The topological polar surface area (TPSA) is 61.4 Å². The molecule has 0 spiro atoms. The molecule has 0 aliphatic carbocycles. The Labute approximate surface area is 127 Å². The van der Waals surface area contributed by atoms with E-state index in [2.05, 4.69) is 10.6 Å². The van der Waals surface area contributed by atoms with Crippen LogP contribution in [0.1, 0.15) is 32.1 Å². The van der Waals surface area contributed by atoms with Crippen molar-refractivity contribution < 1.29 is 22.8 Å². The van der Waals surface area contributed by atoms with Crippen LogP contribution in [0.2, 0.25) is 0 Å². The molecule has 0 bridgehead atoms. The summed E-state index contributed by atoms with van der Waals surface area (Å²) in [5.74, 6) is -0.686. The van der Waals surface area contributed by atoms with Gasteiger partial charge in [-0.15, -0.1) is 0 Å². The number of nitrogens with zero attached hydrogens (tertiary/aromatic N) is 1. The molecule has 2 amide bonds. The molecule has 0 saturated carbocycles. The van der Waals surface area contributed by atoms with Crippen LogP contribution in [0.15, 0.2) is 0 Å². The maximum absolute atomic E-state index is 12.3. The highest BCUT2D eigenvalue weighted by atomic mass is 19.4. The first-order valence-corrected chi connectivity index (χ1v) is 7.72. The Hall–Kier alpha value is -1.31. The summed E-state index contributed by atoms with van der Waals surface area (Å²) in [6.07, 6.45) is -1.02. The zero-order chi connectivity index (χ0) is 16.2. The van der Waals surface area contributed by atoms with Gasteiger partial charge in [0.25, 0.3) is 0 Å². The number of hydrogen-bond acceptors (Lipinski definition) is 3. The second kappa shape index (κ2) is 7.30. The summed E-state index contributed by atoms with van der Waals surface area (Å²) in [6.45, 7) is 0.219. The molecule has 2 aliphatic rings. The van der Waals surface area contributed by atoms with Crippen LogP contribution in [0, 0.1) is 5.92 Å². The van der Waals surface area contributed by atoms with E-state index in [1.165, 1.54) is 4.90 Å². The molecule has 1 atom stereocenters. The molecular weight excluding hydrogens is 299 g/mol. The predicted molar refractivity (Wildman–Crippen MR) is 74.0 cm³/mol. The maximum Gasteiger partial charge on any atom is 0.401 e. The van der Waals surface area contributed by atoms with E-state index in [1.54, 1.807) is 0 Å². The third kappa shape index (κ3) is 5.15. The van der Waals surface area contributed by atoms with Gasteiger partial charge in [-0.05, 0) is 45.2 Å². The zero-order valence-corrected chi connectivity index (χ0v) is 12.4. The predicted octanol–water partition coefficient (Wildman–Crippen LogP) is 1.05. The molecule has 0 unspecified atom stereocenters. The van der Waals surface area contributed by atoms with Gasteiger partial charge in [0.1, 0.15) is 6.04 Å². The number of alkyl halides is 3. The lowest BCUT2D eigenvalue weighted by Gasteiger charge is -2.32. The number of nitrogens with one attached hydrogen (secondary N) is 2. The van der Waals surface area contributed by atoms with Crippen LogP contribution >= 0.6 is 0 Å². The van der Waals surface area contributed by atoms with Crippen molar-refractivity contribution in [1.29, 1.82) is 0 Å². The quantitative estimate of drug-likeness (QED) is 0.817. The van der Waals surface area contributed by atoms with Gasteiger partial charge in [0.15, 0.2) is 0 Å². The highest BCUT2D eigenvalue weighted by molar-refractivity contribution is 5.88. The second-order valence-corrected chi connectivity index (χ2v) is 6.01. The first-order valence-electron chi connectivity index (χ1n) is 7.72. The van der Waals surface area contributed by atoms with Gasteiger partial charge in [0.05, 0.1) is 6.54 Å². The summed E-state index contributed by atoms with van der Waals surface area (Å²) in [6, 6.07) is -0.511. The molecule has 2 N–H and O–H groups in total. The minimum atomic E-state index is -4.20. The number of piperidine rings is 1. The van der Waals surface area contributed by atoms with Gasteiger partial charge in [-0.2, -0.15) is 13.2 Å². The van der Waals surface area contributed by atoms with Gasteiger partial charge in [-0.25, -0.2) is 0 Å². The Balaban J connectivity index is 1.78. The number of carbonyl (C=O) groups excluding carboxylic acids is 2. The summed E-state index contributed by atoms with van der Waals surface area (Å²) in [7, 11) is 0. The smallest absolute Gasteiger partial charge is 0.354 e. The van der Waals surface area contributed by atoms with Crippen LogP contribution in [-0.4, -0.2) is 55.1 Å². The summed E-state index contributed by atoms with van der Waals surface area (Å²) < 4.78 is 37.0. The van der Waals surface area contributed by atoms with E-state index in [9.17, 15) is 22.8 Å². The molecular formula is C14H22F3N3O2. The molecule has 126 valence electrons. The first kappa shape index (κ1) is 17.1.